The number of aromatic nitrogens is 1. The summed E-state index contributed by atoms with van der Waals surface area (Å²) in [6.45, 7) is 2.47. The second-order valence-corrected chi connectivity index (χ2v) is 4.56. The molecule has 5 heteroatoms. The molecule has 0 spiro atoms. The first-order valence-corrected chi connectivity index (χ1v) is 6.60. The van der Waals surface area contributed by atoms with Crippen LogP contribution in [0.3, 0.4) is 0 Å². The van der Waals surface area contributed by atoms with Crippen molar-refractivity contribution < 1.29 is 14.3 Å². The number of carbonyl (C=O) groups is 2. The zero-order valence-electron chi connectivity index (χ0n) is 11.7. The molecule has 0 bridgehead atoms. The van der Waals surface area contributed by atoms with Crippen molar-refractivity contribution in [1.82, 2.24) is 9.88 Å². The minimum absolute atomic E-state index is 0.0996. The van der Waals surface area contributed by atoms with Crippen LogP contribution in [-0.2, 0) is 9.53 Å². The molecule has 5 nitrogen and oxygen atoms in total. The van der Waals surface area contributed by atoms with E-state index in [1.165, 1.54) is 4.90 Å². The van der Waals surface area contributed by atoms with Gasteiger partial charge < -0.3 is 14.6 Å². The molecule has 2 aromatic rings. The van der Waals surface area contributed by atoms with Gasteiger partial charge in [-0.05, 0) is 31.2 Å². The van der Waals surface area contributed by atoms with Gasteiger partial charge in [-0.1, -0.05) is 0 Å². The van der Waals surface area contributed by atoms with E-state index in [0.29, 0.717) is 18.7 Å². The summed E-state index contributed by atoms with van der Waals surface area (Å²) >= 11 is 0. The quantitative estimate of drug-likeness (QED) is 0.850. The van der Waals surface area contributed by atoms with E-state index in [4.69, 9.17) is 4.74 Å². The molecule has 1 aromatic heterocycles. The summed E-state index contributed by atoms with van der Waals surface area (Å²) < 4.78 is 4.84. The highest BCUT2D eigenvalue weighted by Gasteiger charge is 2.14. The van der Waals surface area contributed by atoms with E-state index >= 15 is 0 Å². The number of ether oxygens (including phenoxy) is 1. The molecule has 0 aliphatic rings. The van der Waals surface area contributed by atoms with E-state index in [1.807, 2.05) is 24.4 Å². The van der Waals surface area contributed by atoms with Gasteiger partial charge in [0.15, 0.2) is 0 Å². The molecule has 0 radical (unpaired) electrons. The fraction of sp³-hybridized carbons (Fsp3) is 0.333. The lowest BCUT2D eigenvalue weighted by molar-refractivity contribution is -0.143. The number of esters is 1. The number of hydrogen-bond donors (Lipinski definition) is 1. The van der Waals surface area contributed by atoms with Gasteiger partial charge in [-0.2, -0.15) is 0 Å². The SMILES string of the molecule is CCOC(=O)CCN(C)C(=O)c1ccc2[nH]ccc2c1. The number of H-pyrrole nitrogens is 1. The van der Waals surface area contributed by atoms with E-state index in [9.17, 15) is 9.59 Å². The smallest absolute Gasteiger partial charge is 0.307 e. The maximum absolute atomic E-state index is 12.2. The van der Waals surface area contributed by atoms with Crippen molar-refractivity contribution in [2.75, 3.05) is 20.2 Å². The normalized spacial score (nSPS) is 10.5. The number of carbonyl (C=O) groups excluding carboxylic acids is 2. The van der Waals surface area contributed by atoms with Crippen LogP contribution in [-0.4, -0.2) is 42.0 Å². The lowest BCUT2D eigenvalue weighted by atomic mass is 10.1. The Kier molecular flexibility index (Phi) is 4.40. The minimum atomic E-state index is -0.284. The van der Waals surface area contributed by atoms with Crippen LogP contribution in [0, 0.1) is 0 Å². The maximum atomic E-state index is 12.2. The lowest BCUT2D eigenvalue weighted by Gasteiger charge is -2.16. The first-order chi connectivity index (χ1) is 9.61. The Morgan fingerprint density at radius 3 is 2.85 bits per heavy atom. The van der Waals surface area contributed by atoms with E-state index in [2.05, 4.69) is 4.98 Å². The molecule has 0 aliphatic heterocycles. The van der Waals surface area contributed by atoms with Crippen molar-refractivity contribution in [3.63, 3.8) is 0 Å². The summed E-state index contributed by atoms with van der Waals surface area (Å²) in [7, 11) is 1.68. The van der Waals surface area contributed by atoms with Crippen LogP contribution >= 0.6 is 0 Å². The van der Waals surface area contributed by atoms with E-state index < -0.39 is 0 Å². The zero-order valence-corrected chi connectivity index (χ0v) is 11.7. The van der Waals surface area contributed by atoms with Gasteiger partial charge in [0, 0.05) is 36.3 Å². The number of benzene rings is 1. The highest BCUT2D eigenvalue weighted by Crippen LogP contribution is 2.15. The highest BCUT2D eigenvalue weighted by atomic mass is 16.5. The Balaban J connectivity index is 2.00. The fourth-order valence-electron chi connectivity index (χ4n) is 2.00. The van der Waals surface area contributed by atoms with Crippen molar-refractivity contribution in [2.24, 2.45) is 0 Å². The molecule has 0 aliphatic carbocycles. The van der Waals surface area contributed by atoms with Crippen molar-refractivity contribution in [1.29, 1.82) is 0 Å². The molecule has 0 saturated heterocycles. The number of amides is 1. The second-order valence-electron chi connectivity index (χ2n) is 4.56. The Morgan fingerprint density at radius 2 is 2.10 bits per heavy atom. The molecule has 106 valence electrons. The third-order valence-electron chi connectivity index (χ3n) is 3.10. The summed E-state index contributed by atoms with van der Waals surface area (Å²) in [5.74, 6) is -0.384. The molecule has 0 unspecified atom stereocenters. The Hall–Kier alpha value is -2.30. The second kappa shape index (κ2) is 6.23. The van der Waals surface area contributed by atoms with Crippen LogP contribution in [0.2, 0.25) is 0 Å². The van der Waals surface area contributed by atoms with Crippen LogP contribution in [0.1, 0.15) is 23.7 Å². The molecule has 0 saturated carbocycles. The van der Waals surface area contributed by atoms with Gasteiger partial charge in [-0.25, -0.2) is 0 Å². The number of fused-ring (bicyclic) bond motifs is 1. The highest BCUT2D eigenvalue weighted by molar-refractivity contribution is 5.98. The summed E-state index contributed by atoms with van der Waals surface area (Å²) in [6, 6.07) is 7.42. The number of nitrogens with zero attached hydrogens (tertiary/aromatic N) is 1. The average Bonchev–Trinajstić information content (AvgIpc) is 2.91. The molecule has 1 heterocycles. The van der Waals surface area contributed by atoms with Crippen LogP contribution in [0.4, 0.5) is 0 Å². The first kappa shape index (κ1) is 14.1. The molecular weight excluding hydrogens is 256 g/mol. The molecule has 20 heavy (non-hydrogen) atoms. The monoisotopic (exact) mass is 274 g/mol. The zero-order chi connectivity index (χ0) is 14.5. The molecule has 1 amide bonds. The topological polar surface area (TPSA) is 62.4 Å². The molecule has 0 atom stereocenters. The van der Waals surface area contributed by atoms with E-state index in [1.54, 1.807) is 20.0 Å². The third-order valence-corrected chi connectivity index (χ3v) is 3.10. The van der Waals surface area contributed by atoms with Gasteiger partial charge in [0.25, 0.3) is 5.91 Å². The van der Waals surface area contributed by atoms with Gasteiger partial charge in [0.05, 0.1) is 13.0 Å². The number of rotatable bonds is 5. The summed E-state index contributed by atoms with van der Waals surface area (Å²) in [5, 5.41) is 0.995. The molecule has 0 fully saturated rings. The van der Waals surface area contributed by atoms with Gasteiger partial charge in [0.1, 0.15) is 0 Å². The summed E-state index contributed by atoms with van der Waals surface area (Å²) in [4.78, 5) is 28.1. The first-order valence-electron chi connectivity index (χ1n) is 6.60. The standard InChI is InChI=1S/C15H18N2O3/c1-3-20-14(18)7-9-17(2)15(19)12-4-5-13-11(10-12)6-8-16-13/h4-6,8,10,16H,3,7,9H2,1-2H3. The Labute approximate surface area is 117 Å². The van der Waals surface area contributed by atoms with Gasteiger partial charge in [-0.3, -0.25) is 9.59 Å². The average molecular weight is 274 g/mol. The molecule has 2 rings (SSSR count). The summed E-state index contributed by atoms with van der Waals surface area (Å²) in [6.07, 6.45) is 2.05. The van der Waals surface area contributed by atoms with Crippen molar-refractivity contribution >= 4 is 22.8 Å². The van der Waals surface area contributed by atoms with Crippen LogP contribution < -0.4 is 0 Å². The van der Waals surface area contributed by atoms with Crippen molar-refractivity contribution in [2.45, 2.75) is 13.3 Å². The lowest BCUT2D eigenvalue weighted by Crippen LogP contribution is -2.29. The molecule has 1 N–H and O–H groups in total. The van der Waals surface area contributed by atoms with Crippen LogP contribution in [0.15, 0.2) is 30.5 Å². The largest absolute Gasteiger partial charge is 0.466 e. The molecular formula is C15H18N2O3. The third kappa shape index (κ3) is 3.17. The maximum Gasteiger partial charge on any atom is 0.307 e. The number of hydrogen-bond acceptors (Lipinski definition) is 3. The van der Waals surface area contributed by atoms with Gasteiger partial charge in [0.2, 0.25) is 0 Å². The fourth-order valence-corrected chi connectivity index (χ4v) is 2.00. The minimum Gasteiger partial charge on any atom is -0.466 e. The van der Waals surface area contributed by atoms with E-state index in [-0.39, 0.29) is 18.3 Å². The molecule has 1 aromatic carbocycles. The number of aromatic amines is 1. The van der Waals surface area contributed by atoms with Gasteiger partial charge >= 0.3 is 5.97 Å². The Bertz CT molecular complexity index is 618. The number of nitrogens with one attached hydrogen (secondary N) is 1. The van der Waals surface area contributed by atoms with Crippen molar-refractivity contribution in [3.8, 4) is 0 Å². The predicted octanol–water partition coefficient (Wildman–Crippen LogP) is 2.19. The Morgan fingerprint density at radius 1 is 1.30 bits per heavy atom. The van der Waals surface area contributed by atoms with Gasteiger partial charge in [-0.15, -0.1) is 0 Å². The van der Waals surface area contributed by atoms with Crippen LogP contribution in [0.5, 0.6) is 0 Å². The predicted molar refractivity (Wildman–Crippen MR) is 76.5 cm³/mol. The summed E-state index contributed by atoms with van der Waals surface area (Å²) in [5.41, 5.74) is 1.61. The van der Waals surface area contributed by atoms with Crippen molar-refractivity contribution in [3.05, 3.63) is 36.0 Å². The van der Waals surface area contributed by atoms with Crippen LogP contribution in [0.25, 0.3) is 10.9 Å². The van der Waals surface area contributed by atoms with E-state index in [0.717, 1.165) is 10.9 Å².